The summed E-state index contributed by atoms with van der Waals surface area (Å²) in [5, 5.41) is 12.0. The van der Waals surface area contributed by atoms with Gasteiger partial charge in [0.2, 0.25) is 0 Å². The van der Waals surface area contributed by atoms with Gasteiger partial charge in [-0.15, -0.1) is 11.8 Å². The van der Waals surface area contributed by atoms with Gasteiger partial charge in [0.15, 0.2) is 0 Å². The number of H-pyrrole nitrogens is 1. The first-order valence-electron chi connectivity index (χ1n) is 5.92. The van der Waals surface area contributed by atoms with Gasteiger partial charge in [-0.1, -0.05) is 25.1 Å². The third kappa shape index (κ3) is 2.96. The summed E-state index contributed by atoms with van der Waals surface area (Å²) >= 11 is 1.73. The number of aromatic hydroxyl groups is 1. The van der Waals surface area contributed by atoms with Gasteiger partial charge in [0.25, 0.3) is 0 Å². The predicted molar refractivity (Wildman–Crippen MR) is 76.5 cm³/mol. The molecule has 0 amide bonds. The highest BCUT2D eigenvalue weighted by Crippen LogP contribution is 2.30. The number of nitrogens with zero attached hydrogens (tertiary/aromatic N) is 1. The molecule has 0 fully saturated rings. The molecule has 0 unspecified atom stereocenters. The largest absolute Gasteiger partial charge is 0.507 e. The molecule has 1 aromatic carbocycles. The number of nitrogens with one attached hydrogen (secondary N) is 1. The molecule has 1 heterocycles. The second kappa shape index (κ2) is 6.31. The van der Waals surface area contributed by atoms with Crippen LogP contribution in [-0.4, -0.2) is 20.8 Å². The maximum Gasteiger partial charge on any atom is 0.138 e. The van der Waals surface area contributed by atoms with E-state index in [9.17, 15) is 5.11 Å². The molecule has 3 nitrogen and oxygen atoms in total. The van der Waals surface area contributed by atoms with Crippen molar-refractivity contribution in [2.75, 3.05) is 5.75 Å². The smallest absolute Gasteiger partial charge is 0.138 e. The fraction of sp³-hybridized carbons (Fsp3) is 0.214. The molecule has 2 aromatic rings. The second-order valence-electron chi connectivity index (χ2n) is 3.86. The third-order valence-electron chi connectivity index (χ3n) is 2.47. The van der Waals surface area contributed by atoms with Crippen molar-refractivity contribution in [2.24, 2.45) is 0 Å². The Balaban J connectivity index is 2.37. The molecule has 0 spiro atoms. The number of benzene rings is 1. The summed E-state index contributed by atoms with van der Waals surface area (Å²) in [6.07, 6.45) is 4.62. The Bertz CT molecular complexity index is 520. The van der Waals surface area contributed by atoms with Gasteiger partial charge in [0.05, 0.1) is 0 Å². The number of imidazole rings is 1. The number of aromatic amines is 1. The molecule has 0 atom stereocenters. The Morgan fingerprint density at radius 2 is 2.28 bits per heavy atom. The quantitative estimate of drug-likeness (QED) is 0.807. The van der Waals surface area contributed by atoms with Gasteiger partial charge < -0.3 is 10.1 Å². The van der Waals surface area contributed by atoms with Crippen LogP contribution >= 0.6 is 11.8 Å². The molecule has 18 heavy (non-hydrogen) atoms. The maximum atomic E-state index is 9.94. The number of rotatable bonds is 5. The predicted octanol–water partition coefficient (Wildman–Crippen LogP) is 3.65. The first kappa shape index (κ1) is 12.8. The molecule has 2 N–H and O–H groups in total. The van der Waals surface area contributed by atoms with Crippen molar-refractivity contribution in [2.45, 2.75) is 13.3 Å². The van der Waals surface area contributed by atoms with Crippen LogP contribution in [0, 0.1) is 0 Å². The summed E-state index contributed by atoms with van der Waals surface area (Å²) in [6.45, 7) is 2.15. The van der Waals surface area contributed by atoms with Gasteiger partial charge in [-0.3, -0.25) is 0 Å². The average molecular weight is 260 g/mol. The van der Waals surface area contributed by atoms with Crippen LogP contribution in [-0.2, 0) is 0 Å². The highest BCUT2D eigenvalue weighted by Gasteiger charge is 2.10. The summed E-state index contributed by atoms with van der Waals surface area (Å²) in [4.78, 5) is 7.35. The van der Waals surface area contributed by atoms with Crippen molar-refractivity contribution in [1.82, 2.24) is 9.97 Å². The molecule has 0 saturated heterocycles. The van der Waals surface area contributed by atoms with E-state index in [1.54, 1.807) is 30.2 Å². The Labute approximate surface area is 111 Å². The normalized spacial score (nSPS) is 11.7. The molecule has 94 valence electrons. The summed E-state index contributed by atoms with van der Waals surface area (Å²) in [5.41, 5.74) is 1.73. The van der Waals surface area contributed by atoms with Gasteiger partial charge in [-0.05, 0) is 23.6 Å². The number of aromatic nitrogens is 2. The summed E-state index contributed by atoms with van der Waals surface area (Å²) in [5.74, 6) is 2.11. The third-order valence-corrected chi connectivity index (χ3v) is 3.52. The van der Waals surface area contributed by atoms with E-state index in [2.05, 4.69) is 22.3 Å². The minimum absolute atomic E-state index is 0.275. The van der Waals surface area contributed by atoms with E-state index in [-0.39, 0.29) is 5.75 Å². The zero-order valence-corrected chi connectivity index (χ0v) is 11.1. The highest BCUT2D eigenvalue weighted by molar-refractivity contribution is 8.02. The number of para-hydroxylation sites is 1. The van der Waals surface area contributed by atoms with Gasteiger partial charge in [-0.25, -0.2) is 4.98 Å². The number of phenols is 1. The van der Waals surface area contributed by atoms with Crippen molar-refractivity contribution in [3.05, 3.63) is 53.5 Å². The van der Waals surface area contributed by atoms with Crippen LogP contribution in [0.1, 0.15) is 24.7 Å². The average Bonchev–Trinajstić information content (AvgIpc) is 2.90. The monoisotopic (exact) mass is 260 g/mol. The Hall–Kier alpha value is -1.68. The Kier molecular flexibility index (Phi) is 4.47. The molecule has 1 aromatic heterocycles. The summed E-state index contributed by atoms with van der Waals surface area (Å²) in [6, 6.07) is 7.32. The van der Waals surface area contributed by atoms with Crippen molar-refractivity contribution < 1.29 is 5.11 Å². The first-order valence-corrected chi connectivity index (χ1v) is 6.97. The Morgan fingerprint density at radius 3 is 2.94 bits per heavy atom. The minimum Gasteiger partial charge on any atom is -0.507 e. The number of phenolic OH excluding ortho intramolecular Hbond substituents is 1. The van der Waals surface area contributed by atoms with Crippen LogP contribution in [0.15, 0.2) is 42.1 Å². The molecular formula is C14H16N2OS. The van der Waals surface area contributed by atoms with E-state index in [1.165, 1.54) is 0 Å². The molecule has 0 bridgehead atoms. The standard InChI is InChI=1S/C14H16N2OS/c1-2-9-18-10-12(14-15-7-8-16-14)11-5-3-4-6-13(11)17/h3-8,10,17H,2,9H2,1H3,(H,15,16). The summed E-state index contributed by atoms with van der Waals surface area (Å²) < 4.78 is 0. The van der Waals surface area contributed by atoms with E-state index in [1.807, 2.05) is 18.2 Å². The molecule has 0 aliphatic rings. The zero-order valence-electron chi connectivity index (χ0n) is 10.3. The van der Waals surface area contributed by atoms with Crippen molar-refractivity contribution in [1.29, 1.82) is 0 Å². The lowest BCUT2D eigenvalue weighted by atomic mass is 10.1. The van der Waals surface area contributed by atoms with Gasteiger partial charge in [0, 0.05) is 23.5 Å². The lowest BCUT2D eigenvalue weighted by Gasteiger charge is -2.07. The molecule has 0 saturated carbocycles. The number of hydrogen-bond donors (Lipinski definition) is 2. The lowest BCUT2D eigenvalue weighted by molar-refractivity contribution is 0.473. The Morgan fingerprint density at radius 1 is 1.44 bits per heavy atom. The molecule has 0 aliphatic heterocycles. The molecule has 2 rings (SSSR count). The molecule has 0 radical (unpaired) electrons. The van der Waals surface area contributed by atoms with E-state index in [0.29, 0.717) is 0 Å². The zero-order chi connectivity index (χ0) is 12.8. The van der Waals surface area contributed by atoms with Gasteiger partial charge >= 0.3 is 0 Å². The second-order valence-corrected chi connectivity index (χ2v) is 4.83. The maximum absolute atomic E-state index is 9.94. The SMILES string of the molecule is CCCSC=C(c1ncc[nH]1)c1ccccc1O. The topological polar surface area (TPSA) is 48.9 Å². The van der Waals surface area contributed by atoms with Crippen LogP contribution in [0.25, 0.3) is 5.57 Å². The lowest BCUT2D eigenvalue weighted by Crippen LogP contribution is -1.91. The summed E-state index contributed by atoms with van der Waals surface area (Å²) in [7, 11) is 0. The van der Waals surface area contributed by atoms with Crippen LogP contribution in [0.5, 0.6) is 5.75 Å². The van der Waals surface area contributed by atoms with E-state index in [0.717, 1.165) is 29.1 Å². The van der Waals surface area contributed by atoms with E-state index < -0.39 is 0 Å². The molecule has 0 aliphatic carbocycles. The van der Waals surface area contributed by atoms with Gasteiger partial charge in [-0.2, -0.15) is 0 Å². The first-order chi connectivity index (χ1) is 8.83. The van der Waals surface area contributed by atoms with Crippen molar-refractivity contribution >= 4 is 17.3 Å². The van der Waals surface area contributed by atoms with Crippen LogP contribution in [0.2, 0.25) is 0 Å². The minimum atomic E-state index is 0.275. The van der Waals surface area contributed by atoms with Crippen LogP contribution < -0.4 is 0 Å². The van der Waals surface area contributed by atoms with Crippen LogP contribution in [0.3, 0.4) is 0 Å². The highest BCUT2D eigenvalue weighted by atomic mass is 32.2. The molecule has 4 heteroatoms. The fourth-order valence-electron chi connectivity index (χ4n) is 1.62. The fourth-order valence-corrected chi connectivity index (χ4v) is 2.38. The van der Waals surface area contributed by atoms with Crippen molar-refractivity contribution in [3.63, 3.8) is 0 Å². The number of thioether (sulfide) groups is 1. The van der Waals surface area contributed by atoms with Gasteiger partial charge in [0.1, 0.15) is 11.6 Å². The molecular weight excluding hydrogens is 244 g/mol. The van der Waals surface area contributed by atoms with E-state index >= 15 is 0 Å². The van der Waals surface area contributed by atoms with Crippen molar-refractivity contribution in [3.8, 4) is 5.75 Å². The van der Waals surface area contributed by atoms with Crippen LogP contribution in [0.4, 0.5) is 0 Å². The number of hydrogen-bond acceptors (Lipinski definition) is 3. The van der Waals surface area contributed by atoms with E-state index in [4.69, 9.17) is 0 Å².